The van der Waals surface area contributed by atoms with Crippen LogP contribution in [0, 0.1) is 0 Å². The minimum atomic E-state index is -0.0719. The molecular formula is C12H17N3O3. The van der Waals surface area contributed by atoms with Crippen molar-refractivity contribution in [3.05, 3.63) is 24.3 Å². The fourth-order valence-corrected chi connectivity index (χ4v) is 1.32. The predicted octanol–water partition coefficient (Wildman–Crippen LogP) is 1.55. The van der Waals surface area contributed by atoms with Crippen molar-refractivity contribution >= 4 is 17.4 Å². The molecule has 6 heteroatoms. The van der Waals surface area contributed by atoms with Crippen molar-refractivity contribution in [1.29, 1.82) is 0 Å². The van der Waals surface area contributed by atoms with Crippen molar-refractivity contribution < 1.29 is 14.7 Å². The quantitative estimate of drug-likeness (QED) is 0.309. The van der Waals surface area contributed by atoms with E-state index in [1.807, 2.05) is 6.92 Å². The number of nitrogens with zero attached hydrogens (tertiary/aromatic N) is 1. The maximum absolute atomic E-state index is 11.5. The molecule has 98 valence electrons. The molecule has 6 nitrogen and oxygen atoms in total. The van der Waals surface area contributed by atoms with Crippen molar-refractivity contribution in [2.75, 3.05) is 11.9 Å². The van der Waals surface area contributed by atoms with E-state index in [4.69, 9.17) is 15.7 Å². The van der Waals surface area contributed by atoms with Gasteiger partial charge in [-0.15, -0.1) is 0 Å². The monoisotopic (exact) mass is 251 g/mol. The van der Waals surface area contributed by atoms with Crippen molar-refractivity contribution in [3.8, 4) is 5.75 Å². The molecule has 0 fully saturated rings. The summed E-state index contributed by atoms with van der Waals surface area (Å²) in [6.07, 6.45) is 1.23. The van der Waals surface area contributed by atoms with Gasteiger partial charge in [0.1, 0.15) is 12.4 Å². The SMILES string of the molecule is CCCC(=O)Nc1ccccc1OC/C(N)=N/O. The molecule has 0 aliphatic carbocycles. The molecule has 0 atom stereocenters. The summed E-state index contributed by atoms with van der Waals surface area (Å²) in [6, 6.07) is 7.00. The molecule has 0 aromatic heterocycles. The number of nitrogens with one attached hydrogen (secondary N) is 1. The van der Waals surface area contributed by atoms with E-state index in [2.05, 4.69) is 10.5 Å². The van der Waals surface area contributed by atoms with Gasteiger partial charge >= 0.3 is 0 Å². The van der Waals surface area contributed by atoms with Crippen LogP contribution in [0.25, 0.3) is 0 Å². The summed E-state index contributed by atoms with van der Waals surface area (Å²) in [5.41, 5.74) is 5.88. The van der Waals surface area contributed by atoms with Gasteiger partial charge in [-0.3, -0.25) is 4.79 Å². The van der Waals surface area contributed by atoms with E-state index in [0.717, 1.165) is 6.42 Å². The first kappa shape index (κ1) is 13.8. The Kier molecular flexibility index (Phi) is 5.50. The lowest BCUT2D eigenvalue weighted by molar-refractivity contribution is -0.116. The lowest BCUT2D eigenvalue weighted by atomic mass is 10.2. The highest BCUT2D eigenvalue weighted by Gasteiger charge is 2.07. The minimum Gasteiger partial charge on any atom is -0.483 e. The Hall–Kier alpha value is -2.24. The number of amidine groups is 1. The van der Waals surface area contributed by atoms with E-state index in [1.54, 1.807) is 24.3 Å². The number of benzene rings is 1. The first-order valence-electron chi connectivity index (χ1n) is 5.65. The zero-order chi connectivity index (χ0) is 13.4. The number of hydrogen-bond donors (Lipinski definition) is 3. The molecule has 1 amide bonds. The van der Waals surface area contributed by atoms with Crippen LogP contribution in [0.4, 0.5) is 5.69 Å². The minimum absolute atomic E-state index is 0.0373. The average Bonchev–Trinajstić information content (AvgIpc) is 2.37. The van der Waals surface area contributed by atoms with Crippen LogP contribution in [-0.4, -0.2) is 23.6 Å². The number of carbonyl (C=O) groups excluding carboxylic acids is 1. The summed E-state index contributed by atoms with van der Waals surface area (Å²) in [6.45, 7) is 1.89. The second kappa shape index (κ2) is 7.16. The Morgan fingerprint density at radius 2 is 2.22 bits per heavy atom. The van der Waals surface area contributed by atoms with Gasteiger partial charge in [0.2, 0.25) is 5.91 Å². The number of anilines is 1. The topological polar surface area (TPSA) is 96.9 Å². The van der Waals surface area contributed by atoms with Crippen LogP contribution in [0.3, 0.4) is 0 Å². The van der Waals surface area contributed by atoms with Gasteiger partial charge < -0.3 is 21.0 Å². The Bertz CT molecular complexity index is 432. The second-order valence-corrected chi connectivity index (χ2v) is 3.67. The van der Waals surface area contributed by atoms with Crippen molar-refractivity contribution in [1.82, 2.24) is 0 Å². The molecule has 1 aromatic rings. The van der Waals surface area contributed by atoms with Crippen molar-refractivity contribution in [2.24, 2.45) is 10.9 Å². The van der Waals surface area contributed by atoms with Gasteiger partial charge in [0.15, 0.2) is 5.84 Å². The summed E-state index contributed by atoms with van der Waals surface area (Å²) >= 11 is 0. The molecule has 1 rings (SSSR count). The zero-order valence-corrected chi connectivity index (χ0v) is 10.2. The van der Waals surface area contributed by atoms with E-state index in [9.17, 15) is 4.79 Å². The average molecular weight is 251 g/mol. The van der Waals surface area contributed by atoms with Gasteiger partial charge in [0, 0.05) is 6.42 Å². The lowest BCUT2D eigenvalue weighted by Gasteiger charge is -2.11. The third kappa shape index (κ3) is 4.32. The van der Waals surface area contributed by atoms with Gasteiger partial charge in [-0.05, 0) is 18.6 Å². The molecule has 18 heavy (non-hydrogen) atoms. The summed E-state index contributed by atoms with van der Waals surface area (Å²) in [5.74, 6) is 0.371. The Morgan fingerprint density at radius 1 is 1.50 bits per heavy atom. The number of ether oxygens (including phenoxy) is 1. The molecule has 0 unspecified atom stereocenters. The number of oxime groups is 1. The predicted molar refractivity (Wildman–Crippen MR) is 68.9 cm³/mol. The van der Waals surface area contributed by atoms with Crippen LogP contribution < -0.4 is 15.8 Å². The number of hydrogen-bond acceptors (Lipinski definition) is 4. The van der Waals surface area contributed by atoms with Gasteiger partial charge in [-0.1, -0.05) is 24.2 Å². The zero-order valence-electron chi connectivity index (χ0n) is 10.2. The van der Waals surface area contributed by atoms with Crippen LogP contribution in [0.1, 0.15) is 19.8 Å². The fraction of sp³-hybridized carbons (Fsp3) is 0.333. The number of rotatable bonds is 6. The van der Waals surface area contributed by atoms with Crippen LogP contribution in [0.15, 0.2) is 29.4 Å². The maximum Gasteiger partial charge on any atom is 0.224 e. The third-order valence-corrected chi connectivity index (χ3v) is 2.14. The van der Waals surface area contributed by atoms with E-state index in [-0.39, 0.29) is 18.3 Å². The second-order valence-electron chi connectivity index (χ2n) is 3.67. The lowest BCUT2D eigenvalue weighted by Crippen LogP contribution is -2.21. The molecule has 0 heterocycles. The summed E-state index contributed by atoms with van der Waals surface area (Å²) in [4.78, 5) is 11.5. The molecule has 0 radical (unpaired) electrons. The molecule has 1 aromatic carbocycles. The number of amides is 1. The standard InChI is InChI=1S/C12H17N3O3/c1-2-5-12(16)14-9-6-3-4-7-10(9)18-8-11(13)15-17/h3-4,6-7,17H,2,5,8H2,1H3,(H2,13,15)(H,14,16). The molecular weight excluding hydrogens is 234 g/mol. The van der Waals surface area contributed by atoms with Crippen molar-refractivity contribution in [3.63, 3.8) is 0 Å². The Labute approximate surface area is 105 Å². The molecule has 0 aliphatic rings. The van der Waals surface area contributed by atoms with E-state index >= 15 is 0 Å². The normalized spacial score (nSPS) is 11.1. The highest BCUT2D eigenvalue weighted by atomic mass is 16.5. The number of para-hydroxylation sites is 2. The Balaban J connectivity index is 2.70. The number of carbonyl (C=O) groups is 1. The van der Waals surface area contributed by atoms with E-state index in [1.165, 1.54) is 0 Å². The molecule has 0 bridgehead atoms. The highest BCUT2D eigenvalue weighted by Crippen LogP contribution is 2.23. The Morgan fingerprint density at radius 3 is 2.89 bits per heavy atom. The number of nitrogens with two attached hydrogens (primary N) is 1. The largest absolute Gasteiger partial charge is 0.483 e. The molecule has 0 aliphatic heterocycles. The van der Waals surface area contributed by atoms with Crippen LogP contribution in [-0.2, 0) is 4.79 Å². The summed E-state index contributed by atoms with van der Waals surface area (Å²) in [5, 5.41) is 14.0. The van der Waals surface area contributed by atoms with Gasteiger partial charge in [-0.25, -0.2) is 0 Å². The molecule has 0 spiro atoms. The summed E-state index contributed by atoms with van der Waals surface area (Å²) < 4.78 is 5.34. The van der Waals surface area contributed by atoms with Gasteiger partial charge in [0.25, 0.3) is 0 Å². The van der Waals surface area contributed by atoms with Crippen LogP contribution in [0.2, 0.25) is 0 Å². The van der Waals surface area contributed by atoms with Gasteiger partial charge in [-0.2, -0.15) is 0 Å². The maximum atomic E-state index is 11.5. The van der Waals surface area contributed by atoms with Crippen LogP contribution in [0.5, 0.6) is 5.75 Å². The van der Waals surface area contributed by atoms with E-state index < -0.39 is 0 Å². The molecule has 0 saturated heterocycles. The van der Waals surface area contributed by atoms with E-state index in [0.29, 0.717) is 17.9 Å². The molecule has 4 N–H and O–H groups in total. The smallest absolute Gasteiger partial charge is 0.224 e. The van der Waals surface area contributed by atoms with Crippen molar-refractivity contribution in [2.45, 2.75) is 19.8 Å². The molecule has 0 saturated carbocycles. The van der Waals surface area contributed by atoms with Crippen LogP contribution >= 0.6 is 0 Å². The van der Waals surface area contributed by atoms with Gasteiger partial charge in [0.05, 0.1) is 5.69 Å². The summed E-state index contributed by atoms with van der Waals surface area (Å²) in [7, 11) is 0. The highest BCUT2D eigenvalue weighted by molar-refractivity contribution is 5.92. The first-order valence-corrected chi connectivity index (χ1v) is 5.65. The fourth-order valence-electron chi connectivity index (χ4n) is 1.32. The third-order valence-electron chi connectivity index (χ3n) is 2.14. The first-order chi connectivity index (χ1) is 8.67.